The molecule has 8 nitrogen and oxygen atoms in total. The van der Waals surface area contributed by atoms with Gasteiger partial charge in [0.05, 0.1) is 0 Å². The maximum atomic E-state index is 4.80. The molecule has 0 aliphatic carbocycles. The Morgan fingerprint density at radius 3 is 1.81 bits per heavy atom. The molecule has 2 aromatic rings. The molecular formula is C18H32N8. The minimum absolute atomic E-state index is 0.595. The van der Waals surface area contributed by atoms with Crippen molar-refractivity contribution < 1.29 is 0 Å². The van der Waals surface area contributed by atoms with Crippen LogP contribution >= 0.6 is 0 Å². The normalized spacial score (nSPS) is 10.8. The number of nitrogens with one attached hydrogen (secondary N) is 3. The van der Waals surface area contributed by atoms with Gasteiger partial charge in [-0.2, -0.15) is 9.97 Å². The number of fused-ring (bicyclic) bond motifs is 1. The summed E-state index contributed by atoms with van der Waals surface area (Å²) in [7, 11) is 0. The van der Waals surface area contributed by atoms with Crippen LogP contribution in [-0.2, 0) is 0 Å². The van der Waals surface area contributed by atoms with Crippen LogP contribution in [0.4, 0.5) is 23.5 Å². The lowest BCUT2D eigenvalue weighted by Crippen LogP contribution is -2.25. The third kappa shape index (κ3) is 4.62. The number of aromatic nitrogens is 4. The third-order valence-corrected chi connectivity index (χ3v) is 4.00. The van der Waals surface area contributed by atoms with Crippen LogP contribution in [0.5, 0.6) is 0 Å². The largest absolute Gasteiger partial charge is 0.368 e. The van der Waals surface area contributed by atoms with Crippen molar-refractivity contribution in [3.63, 3.8) is 0 Å². The summed E-state index contributed by atoms with van der Waals surface area (Å²) in [6.45, 7) is 14.6. The molecule has 0 amide bonds. The molecule has 0 aliphatic heterocycles. The summed E-state index contributed by atoms with van der Waals surface area (Å²) in [5.41, 5.74) is 1.51. The van der Waals surface area contributed by atoms with Gasteiger partial charge in [-0.15, -0.1) is 0 Å². The molecule has 0 saturated heterocycles. The number of anilines is 4. The molecule has 0 aromatic carbocycles. The molecular weight excluding hydrogens is 328 g/mol. The number of rotatable bonds is 11. The molecule has 2 rings (SSSR count). The fraction of sp³-hybridized carbons (Fsp3) is 0.667. The summed E-state index contributed by atoms with van der Waals surface area (Å²) in [5.74, 6) is 2.82. The third-order valence-electron chi connectivity index (χ3n) is 4.00. The highest BCUT2D eigenvalue weighted by molar-refractivity contribution is 5.94. The summed E-state index contributed by atoms with van der Waals surface area (Å²) in [6, 6.07) is 0. The van der Waals surface area contributed by atoms with E-state index in [4.69, 9.17) is 9.97 Å². The predicted octanol–water partition coefficient (Wildman–Crippen LogP) is 3.34. The first-order valence-corrected chi connectivity index (χ1v) is 9.74. The van der Waals surface area contributed by atoms with Crippen molar-refractivity contribution in [3.05, 3.63) is 0 Å². The van der Waals surface area contributed by atoms with E-state index in [9.17, 15) is 0 Å². The Bertz CT molecular complexity index is 699. The topological polar surface area (TPSA) is 90.9 Å². The number of nitrogens with zero attached hydrogens (tertiary/aromatic N) is 5. The van der Waals surface area contributed by atoms with Gasteiger partial charge in [-0.3, -0.25) is 0 Å². The number of hydrogen-bond acceptors (Lipinski definition) is 8. The van der Waals surface area contributed by atoms with Crippen LogP contribution < -0.4 is 20.9 Å². The standard InChI is InChI=1S/C18H32N8/c1-6-11-20-15-14-13(22-17(24-15)19-8-3)16(21-12-7-2)25-18(23-14)26(9-4)10-5/h6-12H2,1-5H3,(H,21,23,25)(H2,19,20,22,24). The van der Waals surface area contributed by atoms with Gasteiger partial charge >= 0.3 is 0 Å². The molecule has 3 N–H and O–H groups in total. The molecule has 8 heteroatoms. The van der Waals surface area contributed by atoms with Crippen LogP contribution in [0.25, 0.3) is 11.0 Å². The lowest BCUT2D eigenvalue weighted by molar-refractivity contribution is 0.824. The highest BCUT2D eigenvalue weighted by Gasteiger charge is 2.17. The van der Waals surface area contributed by atoms with Crippen LogP contribution in [0.1, 0.15) is 47.5 Å². The van der Waals surface area contributed by atoms with E-state index in [2.05, 4.69) is 58.5 Å². The molecule has 0 aliphatic rings. The van der Waals surface area contributed by atoms with Crippen LogP contribution in [0, 0.1) is 0 Å². The van der Waals surface area contributed by atoms with Crippen molar-refractivity contribution in [3.8, 4) is 0 Å². The van der Waals surface area contributed by atoms with Gasteiger partial charge in [0.1, 0.15) is 11.0 Å². The highest BCUT2D eigenvalue weighted by atomic mass is 15.3. The van der Waals surface area contributed by atoms with Crippen molar-refractivity contribution in [1.29, 1.82) is 0 Å². The van der Waals surface area contributed by atoms with E-state index in [0.29, 0.717) is 11.9 Å². The molecule has 0 atom stereocenters. The zero-order chi connectivity index (χ0) is 18.9. The molecule has 2 aromatic heterocycles. The fourth-order valence-corrected chi connectivity index (χ4v) is 2.62. The zero-order valence-corrected chi connectivity index (χ0v) is 16.7. The quantitative estimate of drug-likeness (QED) is 0.562. The van der Waals surface area contributed by atoms with Gasteiger partial charge < -0.3 is 20.9 Å². The Balaban J connectivity index is 2.66. The van der Waals surface area contributed by atoms with Crippen molar-refractivity contribution in [1.82, 2.24) is 19.9 Å². The summed E-state index contributed by atoms with van der Waals surface area (Å²) in [4.78, 5) is 21.0. The summed E-state index contributed by atoms with van der Waals surface area (Å²) >= 11 is 0. The first-order chi connectivity index (χ1) is 12.7. The van der Waals surface area contributed by atoms with E-state index in [-0.39, 0.29) is 0 Å². The van der Waals surface area contributed by atoms with E-state index in [1.165, 1.54) is 0 Å². The molecule has 0 spiro atoms. The second-order valence-electron chi connectivity index (χ2n) is 6.02. The first-order valence-electron chi connectivity index (χ1n) is 9.74. The lowest BCUT2D eigenvalue weighted by Gasteiger charge is -2.21. The minimum Gasteiger partial charge on any atom is -0.368 e. The SMILES string of the molecule is CCCNc1nc(N(CC)CC)nc2c(NCCC)nc(NCC)nc12. The highest BCUT2D eigenvalue weighted by Crippen LogP contribution is 2.28. The summed E-state index contributed by atoms with van der Waals surface area (Å²) in [5, 5.41) is 10.0. The second-order valence-corrected chi connectivity index (χ2v) is 6.02. The molecule has 2 heterocycles. The predicted molar refractivity (Wildman–Crippen MR) is 110 cm³/mol. The first kappa shape index (κ1) is 19.9. The van der Waals surface area contributed by atoms with Gasteiger partial charge in [-0.05, 0) is 33.6 Å². The Hall–Kier alpha value is -2.38. The smallest absolute Gasteiger partial charge is 0.228 e. The monoisotopic (exact) mass is 360 g/mol. The van der Waals surface area contributed by atoms with Gasteiger partial charge in [0, 0.05) is 32.7 Å². The van der Waals surface area contributed by atoms with Gasteiger partial charge in [0.2, 0.25) is 11.9 Å². The van der Waals surface area contributed by atoms with Gasteiger partial charge in [0.15, 0.2) is 11.6 Å². The van der Waals surface area contributed by atoms with Crippen molar-refractivity contribution in [2.24, 2.45) is 0 Å². The minimum atomic E-state index is 0.595. The molecule has 144 valence electrons. The second kappa shape index (κ2) is 9.94. The average Bonchev–Trinajstić information content (AvgIpc) is 2.65. The summed E-state index contributed by atoms with van der Waals surface area (Å²) < 4.78 is 0. The summed E-state index contributed by atoms with van der Waals surface area (Å²) in [6.07, 6.45) is 2.02. The molecule has 0 unspecified atom stereocenters. The maximum absolute atomic E-state index is 4.80. The Labute approximate surface area is 156 Å². The van der Waals surface area contributed by atoms with Crippen LogP contribution in [0.2, 0.25) is 0 Å². The van der Waals surface area contributed by atoms with E-state index in [0.717, 1.165) is 68.2 Å². The van der Waals surface area contributed by atoms with Gasteiger partial charge in [-0.1, -0.05) is 13.8 Å². The van der Waals surface area contributed by atoms with Crippen molar-refractivity contribution in [2.45, 2.75) is 47.5 Å². The molecule has 0 fully saturated rings. The molecule has 0 bridgehead atoms. The van der Waals surface area contributed by atoms with Crippen LogP contribution in [-0.4, -0.2) is 52.7 Å². The maximum Gasteiger partial charge on any atom is 0.228 e. The zero-order valence-electron chi connectivity index (χ0n) is 16.7. The van der Waals surface area contributed by atoms with E-state index >= 15 is 0 Å². The molecule has 0 radical (unpaired) electrons. The van der Waals surface area contributed by atoms with E-state index in [1.807, 2.05) is 6.92 Å². The average molecular weight is 361 g/mol. The van der Waals surface area contributed by atoms with E-state index in [1.54, 1.807) is 0 Å². The Kier molecular flexibility index (Phi) is 7.62. The van der Waals surface area contributed by atoms with E-state index < -0.39 is 0 Å². The van der Waals surface area contributed by atoms with Gasteiger partial charge in [-0.25, -0.2) is 9.97 Å². The Morgan fingerprint density at radius 2 is 1.27 bits per heavy atom. The Morgan fingerprint density at radius 1 is 0.692 bits per heavy atom. The number of hydrogen-bond donors (Lipinski definition) is 3. The van der Waals surface area contributed by atoms with Gasteiger partial charge in [0.25, 0.3) is 0 Å². The van der Waals surface area contributed by atoms with Crippen LogP contribution in [0.15, 0.2) is 0 Å². The molecule has 0 saturated carbocycles. The van der Waals surface area contributed by atoms with Crippen molar-refractivity contribution >= 4 is 34.6 Å². The van der Waals surface area contributed by atoms with Crippen molar-refractivity contribution in [2.75, 3.05) is 53.6 Å². The molecule has 26 heavy (non-hydrogen) atoms. The van der Waals surface area contributed by atoms with Crippen LogP contribution in [0.3, 0.4) is 0 Å². The fourth-order valence-electron chi connectivity index (χ4n) is 2.62. The lowest BCUT2D eigenvalue weighted by atomic mass is 10.3.